The molecule has 0 atom stereocenters. The van der Waals surface area contributed by atoms with Gasteiger partial charge in [-0.1, -0.05) is 19.3 Å². The summed E-state index contributed by atoms with van der Waals surface area (Å²) >= 11 is 0. The Morgan fingerprint density at radius 1 is 1.03 bits per heavy atom. The molecule has 0 bridgehead atoms. The van der Waals surface area contributed by atoms with Crippen LogP contribution in [0, 0.1) is 5.82 Å². The number of aromatic nitrogens is 2. The summed E-state index contributed by atoms with van der Waals surface area (Å²) in [6, 6.07) is 17.2. The van der Waals surface area contributed by atoms with Crippen molar-refractivity contribution in [2.24, 2.45) is 0 Å². The number of carbonyl (C=O) groups excluding carboxylic acids is 1. The van der Waals surface area contributed by atoms with E-state index >= 15 is 0 Å². The molecule has 174 valence electrons. The van der Waals surface area contributed by atoms with Gasteiger partial charge in [-0.2, -0.15) is 0 Å². The number of carbonyl (C=O) groups is 1. The quantitative estimate of drug-likeness (QED) is 0.348. The number of methoxy groups -OCH3 is 1. The van der Waals surface area contributed by atoms with Gasteiger partial charge in [0.2, 0.25) is 0 Å². The summed E-state index contributed by atoms with van der Waals surface area (Å²) in [7, 11) is 1.59. The molecule has 2 heterocycles. The standard InChI is InChI=1S/C27H26FN3O3/c1-33-22-13-11-20(12-14-22)30-27(32)24-16-15-23(34-24)26-25(18-7-9-19(28)10-8-18)29-17-31(26)21-5-3-2-4-6-21/h7-17,21H,2-6H2,1H3,(H,30,32). The molecule has 2 aromatic heterocycles. The van der Waals surface area contributed by atoms with Crippen molar-refractivity contribution in [2.45, 2.75) is 38.1 Å². The maximum atomic E-state index is 13.5. The summed E-state index contributed by atoms with van der Waals surface area (Å²) in [6.07, 6.45) is 7.55. The molecule has 0 unspecified atom stereocenters. The van der Waals surface area contributed by atoms with Gasteiger partial charge in [-0.25, -0.2) is 9.37 Å². The Hall–Kier alpha value is -3.87. The van der Waals surface area contributed by atoms with Crippen molar-refractivity contribution in [1.82, 2.24) is 9.55 Å². The van der Waals surface area contributed by atoms with Gasteiger partial charge in [0.25, 0.3) is 5.91 Å². The molecule has 1 aliphatic carbocycles. The van der Waals surface area contributed by atoms with Crippen molar-refractivity contribution < 1.29 is 18.3 Å². The van der Waals surface area contributed by atoms with Crippen LogP contribution in [0.15, 0.2) is 71.4 Å². The fourth-order valence-electron chi connectivity index (χ4n) is 4.51. The zero-order valence-corrected chi connectivity index (χ0v) is 19.0. The van der Waals surface area contributed by atoms with Crippen molar-refractivity contribution in [2.75, 3.05) is 12.4 Å². The number of hydrogen-bond donors (Lipinski definition) is 1. The zero-order chi connectivity index (χ0) is 23.5. The van der Waals surface area contributed by atoms with E-state index < -0.39 is 0 Å². The molecule has 2 aromatic carbocycles. The minimum absolute atomic E-state index is 0.201. The number of rotatable bonds is 6. The lowest BCUT2D eigenvalue weighted by molar-refractivity contribution is 0.0997. The van der Waals surface area contributed by atoms with Gasteiger partial charge in [0.1, 0.15) is 17.3 Å². The first kappa shape index (κ1) is 21.9. The predicted octanol–water partition coefficient (Wildman–Crippen LogP) is 6.72. The second-order valence-electron chi connectivity index (χ2n) is 8.49. The van der Waals surface area contributed by atoms with E-state index in [1.165, 1.54) is 31.4 Å². The van der Waals surface area contributed by atoms with Crippen LogP contribution in [0.1, 0.15) is 48.7 Å². The molecule has 6 nitrogen and oxygen atoms in total. The Morgan fingerprint density at radius 3 is 2.47 bits per heavy atom. The van der Waals surface area contributed by atoms with Crippen LogP contribution in [-0.4, -0.2) is 22.6 Å². The number of furan rings is 1. The lowest BCUT2D eigenvalue weighted by Crippen LogP contribution is -2.13. The molecule has 7 heteroatoms. The second kappa shape index (κ2) is 9.55. The highest BCUT2D eigenvalue weighted by atomic mass is 19.1. The fraction of sp³-hybridized carbons (Fsp3) is 0.259. The lowest BCUT2D eigenvalue weighted by atomic mass is 9.95. The van der Waals surface area contributed by atoms with Gasteiger partial charge in [0.05, 0.1) is 19.1 Å². The second-order valence-corrected chi connectivity index (χ2v) is 8.49. The van der Waals surface area contributed by atoms with Gasteiger partial charge in [-0.15, -0.1) is 0 Å². The van der Waals surface area contributed by atoms with Gasteiger partial charge in [-0.3, -0.25) is 4.79 Å². The number of nitrogens with zero attached hydrogens (tertiary/aromatic N) is 2. The van der Waals surface area contributed by atoms with Crippen LogP contribution in [0.25, 0.3) is 22.7 Å². The van der Waals surface area contributed by atoms with E-state index in [-0.39, 0.29) is 17.5 Å². The molecular formula is C27H26FN3O3. The smallest absolute Gasteiger partial charge is 0.291 e. The van der Waals surface area contributed by atoms with Crippen LogP contribution in [0.3, 0.4) is 0 Å². The van der Waals surface area contributed by atoms with E-state index in [0.717, 1.165) is 24.1 Å². The molecule has 34 heavy (non-hydrogen) atoms. The first-order chi connectivity index (χ1) is 16.6. The Labute approximate surface area is 197 Å². The molecule has 0 spiro atoms. The molecule has 1 amide bonds. The van der Waals surface area contributed by atoms with Gasteiger partial charge >= 0.3 is 0 Å². The Morgan fingerprint density at radius 2 is 1.76 bits per heavy atom. The fourth-order valence-corrected chi connectivity index (χ4v) is 4.51. The number of amides is 1. The SMILES string of the molecule is COc1ccc(NC(=O)c2ccc(-c3c(-c4ccc(F)cc4)ncn3C3CCCCC3)o2)cc1. The average molecular weight is 460 g/mol. The third kappa shape index (κ3) is 4.46. The van der Waals surface area contributed by atoms with Crippen LogP contribution in [0.5, 0.6) is 5.75 Å². The van der Waals surface area contributed by atoms with Crippen LogP contribution >= 0.6 is 0 Å². The Kier molecular flexibility index (Phi) is 6.16. The predicted molar refractivity (Wildman–Crippen MR) is 128 cm³/mol. The minimum atomic E-state index is -0.344. The summed E-state index contributed by atoms with van der Waals surface area (Å²) < 4.78 is 26.9. The third-order valence-electron chi connectivity index (χ3n) is 6.29. The molecule has 4 aromatic rings. The highest BCUT2D eigenvalue weighted by Crippen LogP contribution is 2.38. The van der Waals surface area contributed by atoms with Crippen LogP contribution < -0.4 is 10.1 Å². The maximum absolute atomic E-state index is 13.5. The molecule has 1 N–H and O–H groups in total. The number of benzene rings is 2. The molecule has 5 rings (SSSR count). The molecule has 1 saturated carbocycles. The Bertz CT molecular complexity index is 1270. The van der Waals surface area contributed by atoms with E-state index in [4.69, 9.17) is 9.15 Å². The first-order valence-electron chi connectivity index (χ1n) is 11.5. The number of nitrogens with one attached hydrogen (secondary N) is 1. The highest BCUT2D eigenvalue weighted by Gasteiger charge is 2.25. The van der Waals surface area contributed by atoms with Gasteiger partial charge in [0.15, 0.2) is 11.5 Å². The summed E-state index contributed by atoms with van der Waals surface area (Å²) in [6.45, 7) is 0. The number of ether oxygens (including phenoxy) is 1. The average Bonchev–Trinajstić information content (AvgIpc) is 3.53. The van der Waals surface area contributed by atoms with E-state index in [9.17, 15) is 9.18 Å². The largest absolute Gasteiger partial charge is 0.497 e. The summed E-state index contributed by atoms with van der Waals surface area (Å²) in [5.74, 6) is 0.827. The molecule has 1 aliphatic rings. The molecule has 1 fully saturated rings. The van der Waals surface area contributed by atoms with Crippen molar-refractivity contribution in [1.29, 1.82) is 0 Å². The van der Waals surface area contributed by atoms with Crippen LogP contribution in [-0.2, 0) is 0 Å². The molecule has 0 aliphatic heterocycles. The normalized spacial score (nSPS) is 14.2. The number of halogens is 1. The third-order valence-corrected chi connectivity index (χ3v) is 6.29. The maximum Gasteiger partial charge on any atom is 0.291 e. The van der Waals surface area contributed by atoms with E-state index in [2.05, 4.69) is 14.9 Å². The summed E-state index contributed by atoms with van der Waals surface area (Å²) in [5.41, 5.74) is 2.96. The number of anilines is 1. The highest BCUT2D eigenvalue weighted by molar-refractivity contribution is 6.02. The molecular weight excluding hydrogens is 433 g/mol. The van der Waals surface area contributed by atoms with Crippen LogP contribution in [0.4, 0.5) is 10.1 Å². The van der Waals surface area contributed by atoms with Crippen molar-refractivity contribution in [3.8, 4) is 28.5 Å². The Balaban J connectivity index is 1.47. The van der Waals surface area contributed by atoms with Gasteiger partial charge < -0.3 is 19.0 Å². The van der Waals surface area contributed by atoms with E-state index in [0.29, 0.717) is 28.9 Å². The first-order valence-corrected chi connectivity index (χ1v) is 11.5. The number of hydrogen-bond acceptors (Lipinski definition) is 4. The van der Waals surface area contributed by atoms with Gasteiger partial charge in [-0.05, 0) is 73.5 Å². The summed E-state index contributed by atoms with van der Waals surface area (Å²) in [5, 5.41) is 2.85. The van der Waals surface area contributed by atoms with E-state index in [1.807, 2.05) is 6.33 Å². The molecule has 0 radical (unpaired) electrons. The van der Waals surface area contributed by atoms with Crippen molar-refractivity contribution >= 4 is 11.6 Å². The minimum Gasteiger partial charge on any atom is -0.497 e. The summed E-state index contributed by atoms with van der Waals surface area (Å²) in [4.78, 5) is 17.5. The number of imidazole rings is 1. The lowest BCUT2D eigenvalue weighted by Gasteiger charge is -2.24. The zero-order valence-electron chi connectivity index (χ0n) is 19.0. The van der Waals surface area contributed by atoms with Crippen molar-refractivity contribution in [3.05, 3.63) is 78.6 Å². The van der Waals surface area contributed by atoms with Crippen LogP contribution in [0.2, 0.25) is 0 Å². The topological polar surface area (TPSA) is 69.3 Å². The molecule has 0 saturated heterocycles. The monoisotopic (exact) mass is 459 g/mol. The van der Waals surface area contributed by atoms with Gasteiger partial charge in [0, 0.05) is 17.3 Å². The van der Waals surface area contributed by atoms with E-state index in [1.54, 1.807) is 55.6 Å². The van der Waals surface area contributed by atoms with Crippen molar-refractivity contribution in [3.63, 3.8) is 0 Å².